The molecule has 0 aliphatic rings. The number of hydrogen-bond donors (Lipinski definition) is 1. The van der Waals surface area contributed by atoms with Crippen molar-refractivity contribution in [3.05, 3.63) is 52.4 Å². The number of halogens is 6. The maximum absolute atomic E-state index is 13.5. The smallest absolute Gasteiger partial charge is 0.433 e. The van der Waals surface area contributed by atoms with Gasteiger partial charge in [0, 0.05) is 17.2 Å². The van der Waals surface area contributed by atoms with Gasteiger partial charge >= 0.3 is 12.8 Å². The van der Waals surface area contributed by atoms with E-state index in [9.17, 15) is 26.7 Å². The van der Waals surface area contributed by atoms with Crippen LogP contribution in [0.4, 0.5) is 27.6 Å². The van der Waals surface area contributed by atoms with E-state index in [4.69, 9.17) is 11.6 Å². The number of ether oxygens (including phenoxy) is 1. The van der Waals surface area contributed by atoms with E-state index in [1.54, 1.807) is 20.8 Å². The minimum Gasteiger partial charge on any atom is -0.433 e. The Morgan fingerprint density at radius 2 is 1.84 bits per heavy atom. The van der Waals surface area contributed by atoms with Gasteiger partial charge in [-0.25, -0.2) is 9.50 Å². The lowest BCUT2D eigenvalue weighted by Crippen LogP contribution is -2.20. The minimum absolute atomic E-state index is 0.105. The molecule has 166 valence electrons. The quantitative estimate of drug-likeness (QED) is 0.516. The van der Waals surface area contributed by atoms with Gasteiger partial charge < -0.3 is 10.1 Å². The highest BCUT2D eigenvalue weighted by Crippen LogP contribution is 2.33. The van der Waals surface area contributed by atoms with E-state index in [1.807, 2.05) is 0 Å². The number of amides is 1. The molecule has 0 spiro atoms. The van der Waals surface area contributed by atoms with Gasteiger partial charge in [-0.05, 0) is 24.3 Å². The summed E-state index contributed by atoms with van der Waals surface area (Å²) in [5.74, 6) is -1.13. The van der Waals surface area contributed by atoms with E-state index in [2.05, 4.69) is 20.1 Å². The van der Waals surface area contributed by atoms with Crippen LogP contribution in [0.15, 0.2) is 30.3 Å². The van der Waals surface area contributed by atoms with Crippen molar-refractivity contribution in [3.8, 4) is 5.75 Å². The molecule has 0 atom stereocenters. The third-order valence-electron chi connectivity index (χ3n) is 4.12. The van der Waals surface area contributed by atoms with Gasteiger partial charge in [-0.3, -0.25) is 4.79 Å². The first-order chi connectivity index (χ1) is 14.3. The zero-order valence-corrected chi connectivity index (χ0v) is 17.1. The fourth-order valence-electron chi connectivity index (χ4n) is 2.64. The summed E-state index contributed by atoms with van der Waals surface area (Å²) in [6.45, 7) is 2.05. The largest absolute Gasteiger partial charge is 0.433 e. The number of alkyl halides is 5. The van der Waals surface area contributed by atoms with Gasteiger partial charge in [-0.2, -0.15) is 27.1 Å². The van der Waals surface area contributed by atoms with Crippen molar-refractivity contribution < 1.29 is 31.5 Å². The Labute approximate surface area is 178 Å². The fourth-order valence-corrected chi connectivity index (χ4v) is 2.86. The summed E-state index contributed by atoms with van der Waals surface area (Å²) in [6.07, 6.45) is -4.73. The van der Waals surface area contributed by atoms with Crippen LogP contribution in [0, 0.1) is 0 Å². The highest BCUT2D eigenvalue weighted by Gasteiger charge is 2.36. The molecular formula is C19H16ClF5N4O2. The van der Waals surface area contributed by atoms with Crippen LogP contribution in [-0.2, 0) is 11.6 Å². The van der Waals surface area contributed by atoms with Gasteiger partial charge in [0.15, 0.2) is 11.3 Å². The van der Waals surface area contributed by atoms with Crippen LogP contribution >= 0.6 is 11.6 Å². The third kappa shape index (κ3) is 5.04. The first kappa shape index (κ1) is 22.7. The van der Waals surface area contributed by atoms with Crippen molar-refractivity contribution in [2.75, 3.05) is 5.32 Å². The molecule has 1 aromatic carbocycles. The molecule has 1 N–H and O–H groups in total. The predicted octanol–water partition coefficient (Wildman–Crippen LogP) is 5.55. The molecule has 0 aliphatic carbocycles. The Kier molecular flexibility index (Phi) is 5.83. The number of hydrogen-bond acceptors (Lipinski definition) is 4. The minimum atomic E-state index is -4.73. The second-order valence-corrected chi connectivity index (χ2v) is 7.96. The molecule has 0 unspecified atom stereocenters. The number of benzene rings is 1. The number of fused-ring (bicyclic) bond motifs is 1. The summed E-state index contributed by atoms with van der Waals surface area (Å²) in [5, 5.41) is 5.94. The lowest BCUT2D eigenvalue weighted by Gasteiger charge is -2.19. The van der Waals surface area contributed by atoms with Crippen molar-refractivity contribution in [2.24, 2.45) is 0 Å². The van der Waals surface area contributed by atoms with Crippen molar-refractivity contribution in [1.29, 1.82) is 0 Å². The van der Waals surface area contributed by atoms with Crippen LogP contribution in [0.5, 0.6) is 5.75 Å². The second-order valence-electron chi connectivity index (χ2n) is 7.55. The lowest BCUT2D eigenvalue weighted by atomic mass is 9.91. The average molecular weight is 463 g/mol. The number of aromatic nitrogens is 3. The van der Waals surface area contributed by atoms with Crippen LogP contribution in [0.1, 0.15) is 42.6 Å². The topological polar surface area (TPSA) is 68.5 Å². The van der Waals surface area contributed by atoms with Gasteiger partial charge in [-0.1, -0.05) is 32.4 Å². The molecule has 0 radical (unpaired) electrons. The number of carbonyl (C=O) groups is 1. The molecular weight excluding hydrogens is 447 g/mol. The highest BCUT2D eigenvalue weighted by molar-refractivity contribution is 6.32. The molecule has 6 nitrogen and oxygen atoms in total. The van der Waals surface area contributed by atoms with Crippen molar-refractivity contribution in [3.63, 3.8) is 0 Å². The first-order valence-corrected chi connectivity index (χ1v) is 9.18. The van der Waals surface area contributed by atoms with E-state index in [0.29, 0.717) is 4.52 Å². The van der Waals surface area contributed by atoms with Crippen molar-refractivity contribution >= 4 is 28.8 Å². The Balaban J connectivity index is 1.96. The summed E-state index contributed by atoms with van der Waals surface area (Å²) >= 11 is 5.83. The van der Waals surface area contributed by atoms with Crippen molar-refractivity contribution in [2.45, 2.75) is 39.0 Å². The zero-order chi connectivity index (χ0) is 23.1. The number of carbonyl (C=O) groups excluding carboxylic acids is 1. The SMILES string of the molecule is CC(C)(C)c1cc(C(F)(F)F)n2nc(C(=O)Nc3ccc(OC(F)F)c(Cl)c3)cc2n1. The van der Waals surface area contributed by atoms with Crippen LogP contribution in [0.2, 0.25) is 5.02 Å². The molecule has 3 rings (SSSR count). The van der Waals surface area contributed by atoms with Gasteiger partial charge in [-0.15, -0.1) is 0 Å². The average Bonchev–Trinajstić information content (AvgIpc) is 3.05. The van der Waals surface area contributed by atoms with Gasteiger partial charge in [0.1, 0.15) is 11.4 Å². The molecule has 2 heterocycles. The standard InChI is InChI=1S/C19H16ClF5N4O2/c1-18(2,3)13-8-14(19(23,24)25)29-15(27-13)7-11(28-29)16(30)26-9-4-5-12(10(20)6-9)31-17(21)22/h4-8,17H,1-3H3,(H,26,30). The first-order valence-electron chi connectivity index (χ1n) is 8.80. The molecule has 0 bridgehead atoms. The maximum atomic E-state index is 13.5. The van der Waals surface area contributed by atoms with Crippen LogP contribution < -0.4 is 10.1 Å². The molecule has 0 saturated heterocycles. The molecule has 0 saturated carbocycles. The highest BCUT2D eigenvalue weighted by atomic mass is 35.5. The Hall–Kier alpha value is -2.95. The summed E-state index contributed by atoms with van der Waals surface area (Å²) in [6, 6.07) is 5.53. The molecule has 1 amide bonds. The van der Waals surface area contributed by atoms with Gasteiger partial charge in [0.2, 0.25) is 0 Å². The normalized spacial score (nSPS) is 12.5. The van der Waals surface area contributed by atoms with Crippen LogP contribution in [-0.4, -0.2) is 27.1 Å². The summed E-state index contributed by atoms with van der Waals surface area (Å²) < 4.78 is 70.0. The van der Waals surface area contributed by atoms with Crippen LogP contribution in [0.25, 0.3) is 5.65 Å². The molecule has 2 aromatic heterocycles. The van der Waals surface area contributed by atoms with Gasteiger partial charge in [0.05, 0.1) is 10.7 Å². The monoisotopic (exact) mass is 462 g/mol. The van der Waals surface area contributed by atoms with Crippen molar-refractivity contribution in [1.82, 2.24) is 14.6 Å². The van der Waals surface area contributed by atoms with E-state index >= 15 is 0 Å². The predicted molar refractivity (Wildman–Crippen MR) is 103 cm³/mol. The van der Waals surface area contributed by atoms with E-state index < -0.39 is 29.8 Å². The molecule has 0 aliphatic heterocycles. The fraction of sp³-hybridized carbons (Fsp3) is 0.316. The second kappa shape index (κ2) is 7.95. The Morgan fingerprint density at radius 1 is 1.16 bits per heavy atom. The molecule has 12 heteroatoms. The molecule has 0 fully saturated rings. The van der Waals surface area contributed by atoms with Crippen LogP contribution in [0.3, 0.4) is 0 Å². The zero-order valence-electron chi connectivity index (χ0n) is 16.4. The van der Waals surface area contributed by atoms with E-state index in [1.165, 1.54) is 6.07 Å². The number of nitrogens with zero attached hydrogens (tertiary/aromatic N) is 3. The summed E-state index contributed by atoms with van der Waals surface area (Å²) in [4.78, 5) is 16.7. The number of rotatable bonds is 4. The number of nitrogens with one attached hydrogen (secondary N) is 1. The summed E-state index contributed by atoms with van der Waals surface area (Å²) in [7, 11) is 0. The van der Waals surface area contributed by atoms with E-state index in [0.717, 1.165) is 24.3 Å². The van der Waals surface area contributed by atoms with E-state index in [-0.39, 0.29) is 33.5 Å². The summed E-state index contributed by atoms with van der Waals surface area (Å²) in [5.41, 5.74) is -1.93. The Morgan fingerprint density at radius 3 is 2.39 bits per heavy atom. The Bertz CT molecular complexity index is 1140. The molecule has 31 heavy (non-hydrogen) atoms. The third-order valence-corrected chi connectivity index (χ3v) is 4.42. The maximum Gasteiger partial charge on any atom is 0.433 e. The van der Waals surface area contributed by atoms with Gasteiger partial charge in [0.25, 0.3) is 5.91 Å². The molecule has 3 aromatic rings. The number of anilines is 1. The lowest BCUT2D eigenvalue weighted by molar-refractivity contribution is -0.142.